The van der Waals surface area contributed by atoms with Gasteiger partial charge in [-0.05, 0) is 30.9 Å². The highest BCUT2D eigenvalue weighted by Crippen LogP contribution is 2.25. The summed E-state index contributed by atoms with van der Waals surface area (Å²) in [4.78, 5) is 12.1. The van der Waals surface area contributed by atoms with Crippen LogP contribution in [0.4, 0.5) is 5.69 Å². The van der Waals surface area contributed by atoms with Crippen LogP contribution in [0.1, 0.15) is 12.8 Å². The molecule has 25 heavy (non-hydrogen) atoms. The van der Waals surface area contributed by atoms with Crippen molar-refractivity contribution in [3.8, 4) is 11.5 Å². The molecule has 3 rings (SSSR count). The molecule has 1 amide bonds. The Hall–Kier alpha value is -2.54. The summed E-state index contributed by atoms with van der Waals surface area (Å²) in [7, 11) is 1.56. The second-order valence-electron chi connectivity index (χ2n) is 5.99. The van der Waals surface area contributed by atoms with E-state index in [1.54, 1.807) is 25.4 Å². The van der Waals surface area contributed by atoms with Crippen LogP contribution >= 0.6 is 0 Å². The molecule has 7 heteroatoms. The predicted octanol–water partition coefficient (Wildman–Crippen LogP) is 2.34. The Morgan fingerprint density at radius 2 is 2.08 bits per heavy atom. The van der Waals surface area contributed by atoms with E-state index in [0.29, 0.717) is 23.1 Å². The standard InChI is InChI=1S/C18H23N3O4/c1-23-16-4-2-3-5-17(16)25-13-18(22)20-15-10-19-21(12-15)11-14-6-8-24-9-7-14/h2-5,10,12,14H,6-9,11,13H2,1H3,(H,20,22). The van der Waals surface area contributed by atoms with Gasteiger partial charge in [-0.25, -0.2) is 0 Å². The summed E-state index contributed by atoms with van der Waals surface area (Å²) in [6.07, 6.45) is 5.60. The first-order chi connectivity index (χ1) is 12.2. The molecule has 0 radical (unpaired) electrons. The monoisotopic (exact) mass is 345 g/mol. The van der Waals surface area contributed by atoms with E-state index in [1.165, 1.54) is 0 Å². The van der Waals surface area contributed by atoms with Gasteiger partial charge in [0, 0.05) is 26.0 Å². The van der Waals surface area contributed by atoms with Crippen LogP contribution in [-0.2, 0) is 16.1 Å². The fraction of sp³-hybridized carbons (Fsp3) is 0.444. The SMILES string of the molecule is COc1ccccc1OCC(=O)Nc1cnn(CC2CCOCC2)c1. The average molecular weight is 345 g/mol. The number of hydrogen-bond donors (Lipinski definition) is 1. The molecule has 1 fully saturated rings. The molecule has 0 saturated carbocycles. The van der Waals surface area contributed by atoms with Gasteiger partial charge in [-0.1, -0.05) is 12.1 Å². The molecule has 134 valence electrons. The molecular formula is C18H23N3O4. The maximum absolute atomic E-state index is 12.1. The molecule has 1 N–H and O–H groups in total. The zero-order chi connectivity index (χ0) is 17.5. The average Bonchev–Trinajstić information content (AvgIpc) is 3.07. The number of benzene rings is 1. The second-order valence-corrected chi connectivity index (χ2v) is 5.99. The highest BCUT2D eigenvalue weighted by Gasteiger charge is 2.15. The first kappa shape index (κ1) is 17.3. The molecule has 2 aromatic rings. The zero-order valence-electron chi connectivity index (χ0n) is 14.3. The maximum atomic E-state index is 12.1. The molecule has 1 aliphatic heterocycles. The number of amides is 1. The molecule has 1 aromatic heterocycles. The molecule has 0 spiro atoms. The van der Waals surface area contributed by atoms with Crippen molar-refractivity contribution in [2.45, 2.75) is 19.4 Å². The van der Waals surface area contributed by atoms with Crippen LogP contribution in [0, 0.1) is 5.92 Å². The molecule has 0 bridgehead atoms. The van der Waals surface area contributed by atoms with Gasteiger partial charge in [-0.3, -0.25) is 9.48 Å². The van der Waals surface area contributed by atoms with E-state index < -0.39 is 0 Å². The van der Waals surface area contributed by atoms with Crippen LogP contribution in [0.25, 0.3) is 0 Å². The van der Waals surface area contributed by atoms with Crippen molar-refractivity contribution in [1.82, 2.24) is 9.78 Å². The fourth-order valence-electron chi connectivity index (χ4n) is 2.80. The van der Waals surface area contributed by atoms with Gasteiger partial charge in [0.2, 0.25) is 0 Å². The van der Waals surface area contributed by atoms with E-state index in [0.717, 1.165) is 32.6 Å². The lowest BCUT2D eigenvalue weighted by Crippen LogP contribution is -2.21. The summed E-state index contributed by atoms with van der Waals surface area (Å²) in [6.45, 7) is 2.38. The molecule has 1 aliphatic rings. The summed E-state index contributed by atoms with van der Waals surface area (Å²) in [5.41, 5.74) is 0.667. The van der Waals surface area contributed by atoms with E-state index in [9.17, 15) is 4.79 Å². The number of ether oxygens (including phenoxy) is 3. The van der Waals surface area contributed by atoms with Gasteiger partial charge in [0.05, 0.1) is 19.0 Å². The first-order valence-corrected chi connectivity index (χ1v) is 8.40. The van der Waals surface area contributed by atoms with Crippen molar-refractivity contribution >= 4 is 11.6 Å². The van der Waals surface area contributed by atoms with Crippen LogP contribution in [0.2, 0.25) is 0 Å². The number of carbonyl (C=O) groups excluding carboxylic acids is 1. The van der Waals surface area contributed by atoms with Crippen LogP contribution in [0.15, 0.2) is 36.7 Å². The topological polar surface area (TPSA) is 74.6 Å². The van der Waals surface area contributed by atoms with Crippen molar-refractivity contribution in [2.75, 3.05) is 32.2 Å². The number of carbonyl (C=O) groups is 1. The largest absolute Gasteiger partial charge is 0.493 e. The number of para-hydroxylation sites is 2. The maximum Gasteiger partial charge on any atom is 0.262 e. The Labute approximate surface area is 146 Å². The lowest BCUT2D eigenvalue weighted by atomic mass is 10.0. The predicted molar refractivity (Wildman–Crippen MR) is 92.9 cm³/mol. The highest BCUT2D eigenvalue weighted by molar-refractivity contribution is 5.91. The van der Waals surface area contributed by atoms with E-state index in [-0.39, 0.29) is 12.5 Å². The molecule has 7 nitrogen and oxygen atoms in total. The van der Waals surface area contributed by atoms with Crippen molar-refractivity contribution in [2.24, 2.45) is 5.92 Å². The number of hydrogen-bond acceptors (Lipinski definition) is 5. The van der Waals surface area contributed by atoms with Gasteiger partial charge in [0.1, 0.15) is 0 Å². The van der Waals surface area contributed by atoms with E-state index in [2.05, 4.69) is 10.4 Å². The number of nitrogens with zero attached hydrogens (tertiary/aromatic N) is 2. The molecular weight excluding hydrogens is 322 g/mol. The number of aromatic nitrogens is 2. The lowest BCUT2D eigenvalue weighted by molar-refractivity contribution is -0.118. The summed E-state index contributed by atoms with van der Waals surface area (Å²) in [6, 6.07) is 7.22. The Bertz CT molecular complexity index is 695. The van der Waals surface area contributed by atoms with Gasteiger partial charge < -0.3 is 19.5 Å². The van der Waals surface area contributed by atoms with Crippen molar-refractivity contribution < 1.29 is 19.0 Å². The van der Waals surface area contributed by atoms with Gasteiger partial charge in [-0.2, -0.15) is 5.10 Å². The first-order valence-electron chi connectivity index (χ1n) is 8.40. The van der Waals surface area contributed by atoms with Gasteiger partial charge in [0.15, 0.2) is 18.1 Å². The summed E-state index contributed by atoms with van der Waals surface area (Å²) >= 11 is 0. The number of methoxy groups -OCH3 is 1. The third-order valence-corrected chi connectivity index (χ3v) is 4.13. The van der Waals surface area contributed by atoms with E-state index in [4.69, 9.17) is 14.2 Å². The Balaban J connectivity index is 1.48. The van der Waals surface area contributed by atoms with Crippen LogP contribution in [-0.4, -0.2) is 42.6 Å². The number of rotatable bonds is 7. The van der Waals surface area contributed by atoms with Gasteiger partial charge >= 0.3 is 0 Å². The van der Waals surface area contributed by atoms with Gasteiger partial charge in [-0.15, -0.1) is 0 Å². The Morgan fingerprint density at radius 1 is 1.32 bits per heavy atom. The minimum atomic E-state index is -0.239. The quantitative estimate of drug-likeness (QED) is 0.834. The molecule has 1 aromatic carbocycles. The number of anilines is 1. The third kappa shape index (κ3) is 4.96. The number of nitrogens with one attached hydrogen (secondary N) is 1. The zero-order valence-corrected chi connectivity index (χ0v) is 14.3. The van der Waals surface area contributed by atoms with Crippen LogP contribution in [0.5, 0.6) is 11.5 Å². The Morgan fingerprint density at radius 3 is 2.84 bits per heavy atom. The molecule has 0 unspecified atom stereocenters. The normalized spacial score (nSPS) is 14.9. The lowest BCUT2D eigenvalue weighted by Gasteiger charge is -2.21. The summed E-state index contributed by atoms with van der Waals surface area (Å²) in [5, 5.41) is 7.10. The molecule has 2 heterocycles. The minimum absolute atomic E-state index is 0.0917. The second kappa shape index (κ2) is 8.53. The van der Waals surface area contributed by atoms with Crippen molar-refractivity contribution in [1.29, 1.82) is 0 Å². The molecule has 1 saturated heterocycles. The third-order valence-electron chi connectivity index (χ3n) is 4.13. The minimum Gasteiger partial charge on any atom is -0.493 e. The van der Waals surface area contributed by atoms with E-state index in [1.807, 2.05) is 23.0 Å². The summed E-state index contributed by atoms with van der Waals surface area (Å²) in [5.74, 6) is 1.47. The molecule has 0 atom stereocenters. The van der Waals surface area contributed by atoms with Crippen LogP contribution < -0.4 is 14.8 Å². The van der Waals surface area contributed by atoms with E-state index >= 15 is 0 Å². The summed E-state index contributed by atoms with van der Waals surface area (Å²) < 4.78 is 17.9. The van der Waals surface area contributed by atoms with Crippen molar-refractivity contribution in [3.05, 3.63) is 36.7 Å². The smallest absolute Gasteiger partial charge is 0.262 e. The van der Waals surface area contributed by atoms with Gasteiger partial charge in [0.25, 0.3) is 5.91 Å². The van der Waals surface area contributed by atoms with Crippen LogP contribution in [0.3, 0.4) is 0 Å². The highest BCUT2D eigenvalue weighted by atomic mass is 16.5. The van der Waals surface area contributed by atoms with Crippen molar-refractivity contribution in [3.63, 3.8) is 0 Å². The Kier molecular flexibility index (Phi) is 5.90. The fourth-order valence-corrected chi connectivity index (χ4v) is 2.80. The molecule has 0 aliphatic carbocycles.